The molecule has 3 aliphatic rings. The van der Waals surface area contributed by atoms with Gasteiger partial charge >= 0.3 is 11.7 Å². The highest BCUT2D eigenvalue weighted by Crippen LogP contribution is 2.57. The molecule has 1 aromatic heterocycles. The fraction of sp³-hybridized carbons (Fsp3) is 0.353. The number of carboxylic acid groups (broad SMARTS) is 1. The molecule has 3 saturated carbocycles. The summed E-state index contributed by atoms with van der Waals surface area (Å²) in [6, 6.07) is 3.96. The second-order valence-electron chi connectivity index (χ2n) is 7.16. The molecular weight excluding hydrogens is 374 g/mol. The van der Waals surface area contributed by atoms with Crippen LogP contribution in [0.3, 0.4) is 0 Å². The third-order valence-corrected chi connectivity index (χ3v) is 6.78. The highest BCUT2D eigenvalue weighted by Gasteiger charge is 2.58. The van der Waals surface area contributed by atoms with Gasteiger partial charge in [0, 0.05) is 18.2 Å². The number of nitrogens with zero attached hydrogens (tertiary/aromatic N) is 1. The number of hydrogen-bond donors (Lipinski definition) is 3. The monoisotopic (exact) mass is 391 g/mol. The second-order valence-corrected chi connectivity index (χ2v) is 8.84. The van der Waals surface area contributed by atoms with Crippen LogP contribution in [0, 0.1) is 5.92 Å². The van der Waals surface area contributed by atoms with Gasteiger partial charge in [0.25, 0.3) is 5.56 Å². The van der Waals surface area contributed by atoms with Crippen molar-refractivity contribution in [1.82, 2.24) is 14.3 Å². The van der Waals surface area contributed by atoms with Crippen molar-refractivity contribution in [2.75, 3.05) is 0 Å². The Morgan fingerprint density at radius 1 is 1.33 bits per heavy atom. The predicted octanol–water partition coefficient (Wildman–Crippen LogP) is 0.161. The van der Waals surface area contributed by atoms with Crippen LogP contribution in [0.5, 0.6) is 0 Å². The number of aliphatic carboxylic acids is 1. The molecule has 0 spiro atoms. The summed E-state index contributed by atoms with van der Waals surface area (Å²) in [5.41, 5.74) is -1.52. The van der Waals surface area contributed by atoms with E-state index in [0.29, 0.717) is 5.92 Å². The van der Waals surface area contributed by atoms with Crippen LogP contribution < -0.4 is 16.0 Å². The molecule has 2 bridgehead atoms. The quantitative estimate of drug-likeness (QED) is 0.600. The summed E-state index contributed by atoms with van der Waals surface area (Å²) in [6.07, 6.45) is 4.52. The van der Waals surface area contributed by atoms with Crippen LogP contribution in [0.15, 0.2) is 44.8 Å². The zero-order valence-electron chi connectivity index (χ0n) is 14.1. The molecule has 2 aromatic rings. The number of rotatable bonds is 6. The van der Waals surface area contributed by atoms with E-state index in [2.05, 4.69) is 9.71 Å². The van der Waals surface area contributed by atoms with Crippen LogP contribution in [0.25, 0.3) is 10.9 Å². The van der Waals surface area contributed by atoms with E-state index in [0.717, 1.165) is 36.0 Å². The lowest BCUT2D eigenvalue weighted by molar-refractivity contribution is -0.131. The summed E-state index contributed by atoms with van der Waals surface area (Å²) in [4.78, 5) is 37.7. The third-order valence-electron chi connectivity index (χ3n) is 5.20. The van der Waals surface area contributed by atoms with Gasteiger partial charge in [-0.25, -0.2) is 22.7 Å². The predicted molar refractivity (Wildman–Crippen MR) is 96.0 cm³/mol. The Balaban J connectivity index is 1.73. The summed E-state index contributed by atoms with van der Waals surface area (Å²) < 4.78 is 28.8. The van der Waals surface area contributed by atoms with Crippen molar-refractivity contribution in [1.29, 1.82) is 0 Å². The molecule has 1 heterocycles. The Bertz CT molecular complexity index is 1190. The summed E-state index contributed by atoms with van der Waals surface area (Å²) in [5.74, 6) is -0.589. The number of aromatic nitrogens is 2. The topological polar surface area (TPSA) is 138 Å². The smallest absolute Gasteiger partial charge is 0.329 e. The lowest BCUT2D eigenvalue weighted by Gasteiger charge is -2.61. The van der Waals surface area contributed by atoms with E-state index in [9.17, 15) is 22.8 Å². The molecule has 0 aliphatic heterocycles. The maximum atomic E-state index is 12.7. The molecule has 27 heavy (non-hydrogen) atoms. The first-order valence-electron chi connectivity index (χ1n) is 8.39. The zero-order chi connectivity index (χ0) is 19.4. The summed E-state index contributed by atoms with van der Waals surface area (Å²) in [7, 11) is -3.78. The number of benzene rings is 1. The average Bonchev–Trinajstić information content (AvgIpc) is 2.52. The molecule has 1 aromatic carbocycles. The molecule has 5 rings (SSSR count). The number of allylic oxidation sites excluding steroid dienone is 1. The molecular formula is C17H17N3O6S. The van der Waals surface area contributed by atoms with Crippen molar-refractivity contribution in [3.63, 3.8) is 0 Å². The molecule has 0 saturated heterocycles. The van der Waals surface area contributed by atoms with E-state index in [1.807, 2.05) is 0 Å². The van der Waals surface area contributed by atoms with Gasteiger partial charge in [0.1, 0.15) is 0 Å². The number of aromatic amines is 1. The second kappa shape index (κ2) is 5.89. The molecule has 0 atom stereocenters. The van der Waals surface area contributed by atoms with Gasteiger partial charge in [-0.3, -0.25) is 9.36 Å². The molecule has 142 valence electrons. The van der Waals surface area contributed by atoms with Crippen LogP contribution >= 0.6 is 0 Å². The fourth-order valence-corrected chi connectivity index (χ4v) is 5.23. The van der Waals surface area contributed by atoms with Crippen molar-refractivity contribution in [2.45, 2.75) is 36.2 Å². The van der Waals surface area contributed by atoms with Crippen molar-refractivity contribution in [3.8, 4) is 0 Å². The first-order valence-corrected chi connectivity index (χ1v) is 9.88. The summed E-state index contributed by atoms with van der Waals surface area (Å²) in [6.45, 7) is -0.240. The van der Waals surface area contributed by atoms with E-state index < -0.39 is 27.2 Å². The van der Waals surface area contributed by atoms with Crippen molar-refractivity contribution >= 4 is 26.9 Å². The van der Waals surface area contributed by atoms with Gasteiger partial charge < -0.3 is 10.1 Å². The van der Waals surface area contributed by atoms with Crippen LogP contribution in [-0.2, 0) is 21.4 Å². The fourth-order valence-electron chi connectivity index (χ4n) is 3.77. The van der Waals surface area contributed by atoms with Crippen LogP contribution in [0.4, 0.5) is 0 Å². The molecule has 0 unspecified atom stereocenters. The van der Waals surface area contributed by atoms with Crippen molar-refractivity contribution < 1.29 is 18.3 Å². The summed E-state index contributed by atoms with van der Waals surface area (Å²) in [5, 5.41) is 8.66. The van der Waals surface area contributed by atoms with E-state index >= 15 is 0 Å². The van der Waals surface area contributed by atoms with E-state index in [4.69, 9.17) is 5.11 Å². The van der Waals surface area contributed by atoms with Gasteiger partial charge in [0.15, 0.2) is 0 Å². The first kappa shape index (κ1) is 17.7. The molecule has 0 amide bonds. The SMILES string of the molecule is O=C(O)C=CCn1c(=O)[nH]c2ccc(S(=O)(=O)NC34CC(C3)C4)cc2c1=O. The van der Waals surface area contributed by atoms with Gasteiger partial charge in [-0.05, 0) is 43.4 Å². The van der Waals surface area contributed by atoms with Gasteiger partial charge in [0.2, 0.25) is 10.0 Å². The maximum absolute atomic E-state index is 12.7. The Hall–Kier alpha value is -2.72. The lowest BCUT2D eigenvalue weighted by atomic mass is 9.50. The highest BCUT2D eigenvalue weighted by molar-refractivity contribution is 7.89. The van der Waals surface area contributed by atoms with Crippen LogP contribution in [0.2, 0.25) is 0 Å². The number of sulfonamides is 1. The minimum absolute atomic E-state index is 0.0406. The third kappa shape index (κ3) is 3.00. The number of nitrogens with one attached hydrogen (secondary N) is 2. The Morgan fingerprint density at radius 3 is 2.63 bits per heavy atom. The Kier molecular flexibility index (Phi) is 3.86. The Labute approximate surface area is 153 Å². The number of carbonyl (C=O) groups is 1. The number of carboxylic acids is 1. The normalized spacial score (nSPS) is 23.9. The first-order chi connectivity index (χ1) is 12.7. The van der Waals surface area contributed by atoms with E-state index in [-0.39, 0.29) is 27.9 Å². The highest BCUT2D eigenvalue weighted by atomic mass is 32.2. The van der Waals surface area contributed by atoms with Gasteiger partial charge in [-0.2, -0.15) is 0 Å². The molecule has 10 heteroatoms. The molecule has 3 aliphatic carbocycles. The lowest BCUT2D eigenvalue weighted by Crippen LogP contribution is -2.67. The van der Waals surface area contributed by atoms with Gasteiger partial charge in [-0.15, -0.1) is 0 Å². The minimum Gasteiger partial charge on any atom is -0.478 e. The standard InChI is InChI=1S/C17H17N3O6S/c21-14(22)2-1-5-20-15(23)12-6-11(3-4-13(12)18-16(20)24)27(25,26)19-17-7-10(8-17)9-17/h1-4,6,10,19H,5,7-9H2,(H,18,24)(H,21,22). The van der Waals surface area contributed by atoms with Crippen LogP contribution in [0.1, 0.15) is 19.3 Å². The van der Waals surface area contributed by atoms with Gasteiger partial charge in [-0.1, -0.05) is 6.08 Å². The molecule has 3 N–H and O–H groups in total. The number of H-pyrrole nitrogens is 1. The summed E-state index contributed by atoms with van der Waals surface area (Å²) >= 11 is 0. The molecule has 3 fully saturated rings. The van der Waals surface area contributed by atoms with Crippen molar-refractivity contribution in [2.24, 2.45) is 5.92 Å². The van der Waals surface area contributed by atoms with Crippen LogP contribution in [-0.4, -0.2) is 34.6 Å². The Morgan fingerprint density at radius 2 is 2.04 bits per heavy atom. The zero-order valence-corrected chi connectivity index (χ0v) is 15.0. The molecule has 0 radical (unpaired) electrons. The average molecular weight is 391 g/mol. The van der Waals surface area contributed by atoms with Crippen molar-refractivity contribution in [3.05, 3.63) is 51.2 Å². The number of hydrogen-bond acceptors (Lipinski definition) is 5. The largest absolute Gasteiger partial charge is 0.478 e. The van der Waals surface area contributed by atoms with E-state index in [1.54, 1.807) is 0 Å². The maximum Gasteiger partial charge on any atom is 0.329 e. The van der Waals surface area contributed by atoms with Gasteiger partial charge in [0.05, 0.1) is 15.8 Å². The molecule has 9 nitrogen and oxygen atoms in total. The minimum atomic E-state index is -3.78. The van der Waals surface area contributed by atoms with E-state index in [1.165, 1.54) is 18.2 Å². The number of fused-ring (bicyclic) bond motifs is 1.